The SMILES string of the molecule is COc1ccc(-c2cc(N3CCN(C(=O)c4ccc(OC)cc4C)CC3)n[nH]2)cc1. The molecule has 0 unspecified atom stereocenters. The van der Waals surface area contributed by atoms with Crippen LogP contribution in [0.2, 0.25) is 0 Å². The van der Waals surface area contributed by atoms with Gasteiger partial charge in [-0.2, -0.15) is 5.10 Å². The molecule has 0 atom stereocenters. The van der Waals surface area contributed by atoms with Gasteiger partial charge in [-0.05, 0) is 60.5 Å². The Kier molecular flexibility index (Phi) is 5.61. The first-order chi connectivity index (χ1) is 14.6. The quantitative estimate of drug-likeness (QED) is 0.704. The Labute approximate surface area is 176 Å². The number of hydrogen-bond acceptors (Lipinski definition) is 5. The average Bonchev–Trinajstić information content (AvgIpc) is 3.29. The van der Waals surface area contributed by atoms with E-state index in [2.05, 4.69) is 15.1 Å². The maximum Gasteiger partial charge on any atom is 0.254 e. The smallest absolute Gasteiger partial charge is 0.254 e. The van der Waals surface area contributed by atoms with Gasteiger partial charge < -0.3 is 19.3 Å². The highest BCUT2D eigenvalue weighted by atomic mass is 16.5. The number of carbonyl (C=O) groups is 1. The highest BCUT2D eigenvalue weighted by Crippen LogP contribution is 2.25. The van der Waals surface area contributed by atoms with Gasteiger partial charge in [0.05, 0.1) is 19.9 Å². The highest BCUT2D eigenvalue weighted by Gasteiger charge is 2.24. The van der Waals surface area contributed by atoms with E-state index in [9.17, 15) is 4.79 Å². The molecular weight excluding hydrogens is 380 g/mol. The van der Waals surface area contributed by atoms with Crippen LogP contribution in [0.4, 0.5) is 5.82 Å². The van der Waals surface area contributed by atoms with Crippen molar-refractivity contribution in [2.24, 2.45) is 0 Å². The summed E-state index contributed by atoms with van der Waals surface area (Å²) >= 11 is 0. The van der Waals surface area contributed by atoms with Gasteiger partial charge in [-0.3, -0.25) is 9.89 Å². The fourth-order valence-corrected chi connectivity index (χ4v) is 3.70. The lowest BCUT2D eigenvalue weighted by Crippen LogP contribution is -2.49. The minimum absolute atomic E-state index is 0.0655. The number of aromatic nitrogens is 2. The van der Waals surface area contributed by atoms with Gasteiger partial charge in [0.1, 0.15) is 11.5 Å². The van der Waals surface area contributed by atoms with Crippen molar-refractivity contribution in [1.29, 1.82) is 0 Å². The first-order valence-corrected chi connectivity index (χ1v) is 9.97. The first-order valence-electron chi connectivity index (χ1n) is 9.97. The van der Waals surface area contributed by atoms with Crippen molar-refractivity contribution in [2.45, 2.75) is 6.92 Å². The fourth-order valence-electron chi connectivity index (χ4n) is 3.70. The molecule has 1 amide bonds. The molecule has 2 aromatic carbocycles. The van der Waals surface area contributed by atoms with E-state index in [4.69, 9.17) is 9.47 Å². The molecule has 1 aromatic heterocycles. The topological polar surface area (TPSA) is 70.7 Å². The van der Waals surface area contributed by atoms with E-state index in [-0.39, 0.29) is 5.91 Å². The molecule has 0 spiro atoms. The van der Waals surface area contributed by atoms with Crippen LogP contribution in [0.15, 0.2) is 48.5 Å². The van der Waals surface area contributed by atoms with E-state index in [0.29, 0.717) is 13.1 Å². The van der Waals surface area contributed by atoms with E-state index in [1.54, 1.807) is 14.2 Å². The molecule has 1 fully saturated rings. The number of rotatable bonds is 5. The van der Waals surface area contributed by atoms with E-state index in [1.165, 1.54) is 0 Å². The number of methoxy groups -OCH3 is 2. The summed E-state index contributed by atoms with van der Waals surface area (Å²) in [7, 11) is 3.29. The number of nitrogens with zero attached hydrogens (tertiary/aromatic N) is 3. The van der Waals surface area contributed by atoms with E-state index < -0.39 is 0 Å². The highest BCUT2D eigenvalue weighted by molar-refractivity contribution is 5.96. The van der Waals surface area contributed by atoms with Crippen molar-refractivity contribution in [3.63, 3.8) is 0 Å². The summed E-state index contributed by atoms with van der Waals surface area (Å²) < 4.78 is 10.4. The fraction of sp³-hybridized carbons (Fsp3) is 0.304. The molecule has 156 valence electrons. The summed E-state index contributed by atoms with van der Waals surface area (Å²) in [6, 6.07) is 15.5. The number of aromatic amines is 1. The van der Waals surface area contributed by atoms with Crippen molar-refractivity contribution in [3.8, 4) is 22.8 Å². The van der Waals surface area contributed by atoms with E-state index >= 15 is 0 Å². The molecule has 1 saturated heterocycles. The predicted molar refractivity (Wildman–Crippen MR) is 116 cm³/mol. The number of anilines is 1. The molecule has 1 aliphatic heterocycles. The van der Waals surface area contributed by atoms with Crippen LogP contribution in [0.1, 0.15) is 15.9 Å². The Balaban J connectivity index is 1.40. The minimum atomic E-state index is 0.0655. The molecule has 0 radical (unpaired) electrons. The van der Waals surface area contributed by atoms with Crippen LogP contribution >= 0.6 is 0 Å². The second kappa shape index (κ2) is 8.49. The Morgan fingerprint density at radius 2 is 1.60 bits per heavy atom. The molecule has 3 aromatic rings. The zero-order chi connectivity index (χ0) is 21.1. The number of H-pyrrole nitrogens is 1. The Bertz CT molecular complexity index is 1020. The summed E-state index contributed by atoms with van der Waals surface area (Å²) in [5, 5.41) is 7.58. The lowest BCUT2D eigenvalue weighted by Gasteiger charge is -2.35. The van der Waals surface area contributed by atoms with Crippen LogP contribution in [-0.4, -0.2) is 61.4 Å². The summed E-state index contributed by atoms with van der Waals surface area (Å²) in [6.07, 6.45) is 0. The normalized spacial score (nSPS) is 14.0. The zero-order valence-electron chi connectivity index (χ0n) is 17.5. The van der Waals surface area contributed by atoms with Crippen LogP contribution in [0, 0.1) is 6.92 Å². The minimum Gasteiger partial charge on any atom is -0.497 e. The third-order valence-electron chi connectivity index (χ3n) is 5.52. The molecule has 4 rings (SSSR count). The van der Waals surface area contributed by atoms with Gasteiger partial charge in [-0.15, -0.1) is 0 Å². The second-order valence-corrected chi connectivity index (χ2v) is 7.33. The van der Waals surface area contributed by atoms with E-state index in [0.717, 1.165) is 52.8 Å². The number of ether oxygens (including phenoxy) is 2. The second-order valence-electron chi connectivity index (χ2n) is 7.33. The summed E-state index contributed by atoms with van der Waals surface area (Å²) in [6.45, 7) is 4.75. The van der Waals surface area contributed by atoms with Crippen LogP contribution in [0.5, 0.6) is 11.5 Å². The number of piperazine rings is 1. The van der Waals surface area contributed by atoms with E-state index in [1.807, 2.05) is 60.4 Å². The maximum atomic E-state index is 12.9. The van der Waals surface area contributed by atoms with Crippen molar-refractivity contribution < 1.29 is 14.3 Å². The van der Waals surface area contributed by atoms with Crippen LogP contribution in [0.25, 0.3) is 11.3 Å². The third kappa shape index (κ3) is 3.96. The molecule has 7 heteroatoms. The lowest BCUT2D eigenvalue weighted by atomic mass is 10.1. The predicted octanol–water partition coefficient (Wildman–Crippen LogP) is 3.36. The van der Waals surface area contributed by atoms with Gasteiger partial charge in [-0.25, -0.2) is 0 Å². The number of nitrogens with one attached hydrogen (secondary N) is 1. The molecule has 0 saturated carbocycles. The molecule has 0 bridgehead atoms. The number of benzene rings is 2. The van der Waals surface area contributed by atoms with Crippen LogP contribution in [0.3, 0.4) is 0 Å². The molecular formula is C23H26N4O3. The van der Waals surface area contributed by atoms with Crippen molar-refractivity contribution >= 4 is 11.7 Å². The van der Waals surface area contributed by atoms with Gasteiger partial charge in [-0.1, -0.05) is 0 Å². The molecule has 7 nitrogen and oxygen atoms in total. The third-order valence-corrected chi connectivity index (χ3v) is 5.52. The summed E-state index contributed by atoms with van der Waals surface area (Å²) in [4.78, 5) is 17.0. The van der Waals surface area contributed by atoms with Gasteiger partial charge in [0.15, 0.2) is 5.82 Å². The molecule has 2 heterocycles. The molecule has 0 aliphatic carbocycles. The first kappa shape index (κ1) is 19.8. The van der Waals surface area contributed by atoms with Gasteiger partial charge in [0.25, 0.3) is 5.91 Å². The monoisotopic (exact) mass is 406 g/mol. The number of carbonyl (C=O) groups excluding carboxylic acids is 1. The standard InChI is InChI=1S/C23H26N4O3/c1-16-14-19(30-3)8-9-20(16)23(28)27-12-10-26(11-13-27)22-15-21(24-25-22)17-4-6-18(29-2)7-5-17/h4-9,14-15H,10-13H2,1-3H3,(H,24,25). The van der Waals surface area contributed by atoms with Gasteiger partial charge in [0.2, 0.25) is 0 Å². The Hall–Kier alpha value is -3.48. The van der Waals surface area contributed by atoms with Gasteiger partial charge >= 0.3 is 0 Å². The average molecular weight is 406 g/mol. The zero-order valence-corrected chi connectivity index (χ0v) is 17.5. The Morgan fingerprint density at radius 1 is 0.933 bits per heavy atom. The van der Waals surface area contributed by atoms with Crippen molar-refractivity contribution in [1.82, 2.24) is 15.1 Å². The largest absolute Gasteiger partial charge is 0.497 e. The molecule has 1 N–H and O–H groups in total. The number of aryl methyl sites for hydroxylation is 1. The summed E-state index contributed by atoms with van der Waals surface area (Å²) in [5.41, 5.74) is 3.67. The van der Waals surface area contributed by atoms with Crippen molar-refractivity contribution in [3.05, 3.63) is 59.7 Å². The molecule has 30 heavy (non-hydrogen) atoms. The van der Waals surface area contributed by atoms with Gasteiger partial charge in [0, 0.05) is 37.8 Å². The molecule has 1 aliphatic rings. The van der Waals surface area contributed by atoms with Crippen LogP contribution in [-0.2, 0) is 0 Å². The summed E-state index contributed by atoms with van der Waals surface area (Å²) in [5.74, 6) is 2.55. The Morgan fingerprint density at radius 3 is 2.23 bits per heavy atom. The number of hydrogen-bond donors (Lipinski definition) is 1. The number of amides is 1. The lowest BCUT2D eigenvalue weighted by molar-refractivity contribution is 0.0745. The maximum absolute atomic E-state index is 12.9. The van der Waals surface area contributed by atoms with Crippen LogP contribution < -0.4 is 14.4 Å². The van der Waals surface area contributed by atoms with Crippen molar-refractivity contribution in [2.75, 3.05) is 45.3 Å².